The summed E-state index contributed by atoms with van der Waals surface area (Å²) < 4.78 is 0. The number of nitrogens with one attached hydrogen (secondary N) is 1. The van der Waals surface area contributed by atoms with Crippen molar-refractivity contribution in [2.45, 2.75) is 96.8 Å². The van der Waals surface area contributed by atoms with Crippen molar-refractivity contribution in [1.82, 2.24) is 10.2 Å². The summed E-state index contributed by atoms with van der Waals surface area (Å²) in [6, 6.07) is 0.462. The molecule has 3 nitrogen and oxygen atoms in total. The van der Waals surface area contributed by atoms with E-state index >= 15 is 0 Å². The molecule has 0 aromatic carbocycles. The van der Waals surface area contributed by atoms with Crippen LogP contribution < -0.4 is 5.32 Å². The Balaban J connectivity index is 1.82. The van der Waals surface area contributed by atoms with E-state index in [1.807, 2.05) is 0 Å². The van der Waals surface area contributed by atoms with Gasteiger partial charge in [0.05, 0.1) is 11.7 Å². The predicted molar refractivity (Wildman–Crippen MR) is 85.8 cm³/mol. The van der Waals surface area contributed by atoms with Gasteiger partial charge in [-0.15, -0.1) is 0 Å². The molecule has 1 heterocycles. The van der Waals surface area contributed by atoms with Crippen LogP contribution in [0.1, 0.15) is 79.1 Å². The summed E-state index contributed by atoms with van der Waals surface area (Å²) in [5.74, 6) is 1.05. The fourth-order valence-electron chi connectivity index (χ4n) is 4.85. The van der Waals surface area contributed by atoms with Crippen molar-refractivity contribution in [3.63, 3.8) is 0 Å². The predicted octanol–water partition coefficient (Wildman–Crippen LogP) is 3.68. The zero-order valence-electron chi connectivity index (χ0n) is 14.2. The Kier molecular flexibility index (Phi) is 3.84. The Morgan fingerprint density at radius 1 is 1.24 bits per heavy atom. The molecule has 2 atom stereocenters. The van der Waals surface area contributed by atoms with Gasteiger partial charge < -0.3 is 4.90 Å². The standard InChI is InChI=1S/C18H32N2O/c1-13(2)11-15-19-18(8-5-6-9-18)16(21)20(15)14-7-10-17(3,4)12-14/h13-15,19H,5-12H2,1-4H3. The average molecular weight is 292 g/mol. The van der Waals surface area contributed by atoms with Crippen LogP contribution in [0.25, 0.3) is 0 Å². The summed E-state index contributed by atoms with van der Waals surface area (Å²) in [6.07, 6.45) is 9.48. The van der Waals surface area contributed by atoms with E-state index in [0.717, 1.165) is 19.3 Å². The molecular weight excluding hydrogens is 260 g/mol. The Hall–Kier alpha value is -0.570. The fourth-order valence-corrected chi connectivity index (χ4v) is 4.85. The number of amides is 1. The van der Waals surface area contributed by atoms with Gasteiger partial charge in [0.2, 0.25) is 5.91 Å². The van der Waals surface area contributed by atoms with Crippen LogP contribution in [0.2, 0.25) is 0 Å². The van der Waals surface area contributed by atoms with Crippen LogP contribution >= 0.6 is 0 Å². The highest BCUT2D eigenvalue weighted by molar-refractivity contribution is 5.89. The second-order valence-electron chi connectivity index (χ2n) is 8.85. The molecule has 0 radical (unpaired) electrons. The SMILES string of the molecule is CC(C)CC1NC2(CCCC2)C(=O)N1C1CCC(C)(C)C1. The summed E-state index contributed by atoms with van der Waals surface area (Å²) in [4.78, 5) is 15.5. The minimum absolute atomic E-state index is 0.202. The van der Waals surface area contributed by atoms with Gasteiger partial charge in [0.1, 0.15) is 0 Å². The summed E-state index contributed by atoms with van der Waals surface area (Å²) in [7, 11) is 0. The molecule has 21 heavy (non-hydrogen) atoms. The van der Waals surface area contributed by atoms with Crippen LogP contribution in [0.5, 0.6) is 0 Å². The Morgan fingerprint density at radius 3 is 2.43 bits per heavy atom. The molecule has 2 aliphatic carbocycles. The van der Waals surface area contributed by atoms with Crippen molar-refractivity contribution < 1.29 is 4.79 Å². The van der Waals surface area contributed by atoms with Crippen LogP contribution in [-0.2, 0) is 4.79 Å². The molecule has 3 rings (SSSR count). The van der Waals surface area contributed by atoms with E-state index < -0.39 is 0 Å². The van der Waals surface area contributed by atoms with Gasteiger partial charge in [-0.2, -0.15) is 0 Å². The van der Waals surface area contributed by atoms with E-state index in [9.17, 15) is 4.79 Å². The van der Waals surface area contributed by atoms with Crippen LogP contribution in [0.3, 0.4) is 0 Å². The van der Waals surface area contributed by atoms with Crippen molar-refractivity contribution in [2.75, 3.05) is 0 Å². The molecule has 2 unspecified atom stereocenters. The Morgan fingerprint density at radius 2 is 1.90 bits per heavy atom. The summed E-state index contributed by atoms with van der Waals surface area (Å²) in [6.45, 7) is 9.23. The van der Waals surface area contributed by atoms with Crippen molar-refractivity contribution in [3.8, 4) is 0 Å². The molecule has 1 spiro atoms. The molecule has 1 N–H and O–H groups in total. The third-order valence-electron chi connectivity index (χ3n) is 5.91. The van der Waals surface area contributed by atoms with Crippen LogP contribution in [-0.4, -0.2) is 28.6 Å². The number of carbonyl (C=O) groups excluding carboxylic acids is 1. The van der Waals surface area contributed by atoms with Crippen molar-refractivity contribution in [2.24, 2.45) is 11.3 Å². The monoisotopic (exact) mass is 292 g/mol. The number of nitrogens with zero attached hydrogens (tertiary/aromatic N) is 1. The van der Waals surface area contributed by atoms with Crippen LogP contribution in [0.4, 0.5) is 0 Å². The third kappa shape index (κ3) is 2.74. The van der Waals surface area contributed by atoms with Crippen molar-refractivity contribution >= 4 is 5.91 Å². The Bertz CT molecular complexity index is 409. The molecule has 3 fully saturated rings. The van der Waals surface area contributed by atoms with Gasteiger partial charge in [0.25, 0.3) is 0 Å². The summed E-state index contributed by atoms with van der Waals surface area (Å²) in [5.41, 5.74) is 0.199. The van der Waals surface area contributed by atoms with Gasteiger partial charge in [-0.3, -0.25) is 10.1 Å². The first kappa shape index (κ1) is 15.3. The van der Waals surface area contributed by atoms with E-state index in [0.29, 0.717) is 23.3 Å². The maximum atomic E-state index is 13.2. The number of carbonyl (C=O) groups is 1. The number of rotatable bonds is 3. The van der Waals surface area contributed by atoms with E-state index in [1.165, 1.54) is 32.1 Å². The lowest BCUT2D eigenvalue weighted by molar-refractivity contribution is -0.135. The second-order valence-corrected chi connectivity index (χ2v) is 8.85. The first-order chi connectivity index (χ1) is 9.83. The van der Waals surface area contributed by atoms with Gasteiger partial charge in [-0.05, 0) is 49.9 Å². The molecule has 1 saturated heterocycles. The zero-order valence-corrected chi connectivity index (χ0v) is 14.2. The fraction of sp³-hybridized carbons (Fsp3) is 0.944. The van der Waals surface area contributed by atoms with Crippen molar-refractivity contribution in [3.05, 3.63) is 0 Å². The first-order valence-electron chi connectivity index (χ1n) is 8.93. The topological polar surface area (TPSA) is 32.3 Å². The number of hydrogen-bond acceptors (Lipinski definition) is 2. The van der Waals surface area contributed by atoms with Gasteiger partial charge >= 0.3 is 0 Å². The average Bonchev–Trinajstić information content (AvgIpc) is 3.02. The lowest BCUT2D eigenvalue weighted by Crippen LogP contribution is -2.45. The highest BCUT2D eigenvalue weighted by Crippen LogP contribution is 2.45. The molecule has 3 heteroatoms. The van der Waals surface area contributed by atoms with Crippen molar-refractivity contribution in [1.29, 1.82) is 0 Å². The molecule has 120 valence electrons. The molecular formula is C18H32N2O. The molecule has 0 bridgehead atoms. The molecule has 0 aromatic heterocycles. The number of hydrogen-bond donors (Lipinski definition) is 1. The maximum absolute atomic E-state index is 13.2. The van der Waals surface area contributed by atoms with Gasteiger partial charge in [-0.25, -0.2) is 0 Å². The molecule has 3 aliphatic rings. The minimum Gasteiger partial charge on any atom is -0.323 e. The molecule has 1 aliphatic heterocycles. The maximum Gasteiger partial charge on any atom is 0.244 e. The van der Waals surface area contributed by atoms with Gasteiger partial charge in [0.15, 0.2) is 0 Å². The first-order valence-corrected chi connectivity index (χ1v) is 8.93. The van der Waals surface area contributed by atoms with E-state index in [4.69, 9.17) is 0 Å². The van der Waals surface area contributed by atoms with E-state index in [-0.39, 0.29) is 11.7 Å². The van der Waals surface area contributed by atoms with E-state index in [2.05, 4.69) is 37.9 Å². The van der Waals surface area contributed by atoms with E-state index in [1.54, 1.807) is 0 Å². The highest BCUT2D eigenvalue weighted by atomic mass is 16.2. The lowest BCUT2D eigenvalue weighted by atomic mass is 9.91. The largest absolute Gasteiger partial charge is 0.323 e. The smallest absolute Gasteiger partial charge is 0.244 e. The second kappa shape index (κ2) is 5.26. The van der Waals surface area contributed by atoms with Gasteiger partial charge in [-0.1, -0.05) is 40.5 Å². The van der Waals surface area contributed by atoms with Crippen LogP contribution in [0.15, 0.2) is 0 Å². The third-order valence-corrected chi connectivity index (χ3v) is 5.91. The minimum atomic E-state index is -0.202. The molecule has 1 amide bonds. The summed E-state index contributed by atoms with van der Waals surface area (Å²) in [5, 5.41) is 3.78. The van der Waals surface area contributed by atoms with Gasteiger partial charge in [0, 0.05) is 6.04 Å². The van der Waals surface area contributed by atoms with Crippen LogP contribution in [0, 0.1) is 11.3 Å². The summed E-state index contributed by atoms with van der Waals surface area (Å²) >= 11 is 0. The highest BCUT2D eigenvalue weighted by Gasteiger charge is 2.55. The lowest BCUT2D eigenvalue weighted by Gasteiger charge is -2.32. The Labute approximate surface area is 129 Å². The quantitative estimate of drug-likeness (QED) is 0.860. The zero-order chi connectivity index (χ0) is 15.3. The molecule has 0 aromatic rings. The molecule has 2 saturated carbocycles. The normalized spacial score (nSPS) is 34.5.